The van der Waals surface area contributed by atoms with E-state index < -0.39 is 39.3 Å². The normalized spacial score (nSPS) is 11.8. The highest BCUT2D eigenvalue weighted by molar-refractivity contribution is 7.92. The number of sulfonamides is 1. The average Bonchev–Trinajstić information content (AvgIpc) is 2.96. The van der Waals surface area contributed by atoms with E-state index in [1.807, 2.05) is 6.92 Å². The van der Waals surface area contributed by atoms with Gasteiger partial charge in [0.2, 0.25) is 11.8 Å². The molecule has 0 unspecified atom stereocenters. The Balaban J connectivity index is 2.08. The Morgan fingerprint density at radius 1 is 1.10 bits per heavy atom. The lowest BCUT2D eigenvalue weighted by molar-refractivity contribution is -0.385. The van der Waals surface area contributed by atoms with E-state index in [1.54, 1.807) is 31.2 Å². The fraction of sp³-hybridized carbons (Fsp3) is 0.310. The third-order valence-electron chi connectivity index (χ3n) is 6.56. The van der Waals surface area contributed by atoms with Gasteiger partial charge < -0.3 is 15.0 Å². The molecule has 0 spiro atoms. The Labute approximate surface area is 250 Å². The molecule has 0 bridgehead atoms. The van der Waals surface area contributed by atoms with Crippen molar-refractivity contribution in [2.45, 2.75) is 44.7 Å². The van der Waals surface area contributed by atoms with Gasteiger partial charge in [0.15, 0.2) is 0 Å². The molecule has 1 N–H and O–H groups in total. The van der Waals surface area contributed by atoms with Crippen LogP contribution in [0.1, 0.15) is 31.4 Å². The highest BCUT2D eigenvalue weighted by atomic mass is 35.5. The number of nitro benzene ring substituents is 1. The zero-order valence-corrected chi connectivity index (χ0v) is 25.3. The molecule has 0 saturated heterocycles. The summed E-state index contributed by atoms with van der Waals surface area (Å²) in [5.74, 6) is -0.618. The number of anilines is 1. The number of hydrogen-bond donors (Lipinski definition) is 1. The van der Waals surface area contributed by atoms with E-state index in [9.17, 15) is 28.1 Å². The van der Waals surface area contributed by atoms with Crippen molar-refractivity contribution < 1.29 is 27.7 Å². The van der Waals surface area contributed by atoms with Crippen LogP contribution in [-0.2, 0) is 26.2 Å². The quantitative estimate of drug-likeness (QED) is 0.217. The summed E-state index contributed by atoms with van der Waals surface area (Å²) in [7, 11) is -3.04. The minimum absolute atomic E-state index is 0.0212. The molecule has 3 rings (SSSR count). The van der Waals surface area contributed by atoms with E-state index in [4.69, 9.17) is 16.3 Å². The number of halogens is 1. The first-order valence-electron chi connectivity index (χ1n) is 13.1. The number of methoxy groups -OCH3 is 1. The fourth-order valence-corrected chi connectivity index (χ4v) is 5.81. The first kappa shape index (κ1) is 32.4. The van der Waals surface area contributed by atoms with Gasteiger partial charge in [-0.3, -0.25) is 24.0 Å². The molecular weight excluding hydrogens is 584 g/mol. The van der Waals surface area contributed by atoms with Crippen LogP contribution in [0, 0.1) is 17.0 Å². The maximum Gasteiger partial charge on any atom is 0.273 e. The van der Waals surface area contributed by atoms with Crippen LogP contribution in [0.15, 0.2) is 71.6 Å². The lowest BCUT2D eigenvalue weighted by Gasteiger charge is -2.32. The van der Waals surface area contributed by atoms with Gasteiger partial charge in [-0.05, 0) is 68.3 Å². The molecule has 3 aromatic rings. The molecule has 3 aromatic carbocycles. The summed E-state index contributed by atoms with van der Waals surface area (Å²) in [6, 6.07) is 15.4. The van der Waals surface area contributed by atoms with Gasteiger partial charge in [-0.1, -0.05) is 36.7 Å². The Hall–Kier alpha value is -4.16. The molecular formula is C29H33ClN4O7S. The van der Waals surface area contributed by atoms with Gasteiger partial charge in [0.1, 0.15) is 18.3 Å². The number of carbonyl (C=O) groups excluding carboxylic acids is 2. The van der Waals surface area contributed by atoms with E-state index in [0.29, 0.717) is 29.3 Å². The lowest BCUT2D eigenvalue weighted by Crippen LogP contribution is -2.51. The van der Waals surface area contributed by atoms with Crippen molar-refractivity contribution in [2.75, 3.05) is 24.5 Å². The molecule has 0 aliphatic rings. The minimum atomic E-state index is -4.50. The molecule has 0 radical (unpaired) electrons. The summed E-state index contributed by atoms with van der Waals surface area (Å²) in [5.41, 5.74) is 0.670. The van der Waals surface area contributed by atoms with Gasteiger partial charge in [-0.15, -0.1) is 0 Å². The van der Waals surface area contributed by atoms with Gasteiger partial charge in [0, 0.05) is 29.7 Å². The predicted molar refractivity (Wildman–Crippen MR) is 160 cm³/mol. The van der Waals surface area contributed by atoms with E-state index in [-0.39, 0.29) is 28.4 Å². The summed E-state index contributed by atoms with van der Waals surface area (Å²) >= 11 is 6.15. The molecule has 11 nitrogen and oxygen atoms in total. The van der Waals surface area contributed by atoms with Crippen molar-refractivity contribution in [2.24, 2.45) is 0 Å². The molecule has 224 valence electrons. The van der Waals surface area contributed by atoms with Crippen LogP contribution in [0.4, 0.5) is 11.4 Å². The summed E-state index contributed by atoms with van der Waals surface area (Å²) in [6.07, 6.45) is 0.687. The van der Waals surface area contributed by atoms with Crippen LogP contribution >= 0.6 is 11.6 Å². The fourth-order valence-electron chi connectivity index (χ4n) is 4.16. The van der Waals surface area contributed by atoms with Crippen LogP contribution in [0.25, 0.3) is 0 Å². The third kappa shape index (κ3) is 7.77. The second-order valence-electron chi connectivity index (χ2n) is 9.53. The first-order valence-corrected chi connectivity index (χ1v) is 14.9. The second kappa shape index (κ2) is 14.1. The van der Waals surface area contributed by atoms with Crippen molar-refractivity contribution in [3.05, 3.63) is 93.0 Å². The van der Waals surface area contributed by atoms with Gasteiger partial charge in [0.05, 0.1) is 22.6 Å². The number of rotatable bonds is 13. The highest BCUT2D eigenvalue weighted by Crippen LogP contribution is 2.29. The van der Waals surface area contributed by atoms with Crippen molar-refractivity contribution in [1.82, 2.24) is 10.2 Å². The van der Waals surface area contributed by atoms with E-state index in [2.05, 4.69) is 5.32 Å². The molecule has 0 heterocycles. The molecule has 0 aromatic heterocycles. The summed E-state index contributed by atoms with van der Waals surface area (Å²) in [4.78, 5) is 38.7. The van der Waals surface area contributed by atoms with Gasteiger partial charge in [0.25, 0.3) is 15.7 Å². The maximum absolute atomic E-state index is 14.0. The van der Waals surface area contributed by atoms with Crippen molar-refractivity contribution >= 4 is 44.8 Å². The van der Waals surface area contributed by atoms with E-state index in [0.717, 1.165) is 10.4 Å². The molecule has 0 aliphatic carbocycles. The van der Waals surface area contributed by atoms with E-state index in [1.165, 1.54) is 55.3 Å². The molecule has 2 amide bonds. The van der Waals surface area contributed by atoms with Gasteiger partial charge in [-0.25, -0.2) is 8.42 Å². The average molecular weight is 617 g/mol. The lowest BCUT2D eigenvalue weighted by atomic mass is 10.1. The number of amides is 2. The summed E-state index contributed by atoms with van der Waals surface area (Å²) in [6.45, 7) is 4.64. The SMILES string of the molecule is CCCNC(=O)[C@H](C)N(Cc1cccc(Cl)c1)C(=O)CN(c1ccc(OC)cc1)S(=O)(=O)c1ccc(C)c([N+](=O)[O-])c1. The van der Waals surface area contributed by atoms with Crippen LogP contribution in [0.3, 0.4) is 0 Å². The standard InChI is InChI=1S/C29H33ClN4O7S/c1-5-15-31-29(36)21(3)32(18-22-7-6-8-23(30)16-22)28(35)19-33(24-10-12-25(41-4)13-11-24)42(39,40)26-14-9-20(2)27(17-26)34(37)38/h6-14,16-17,21H,5,15,18-19H2,1-4H3,(H,31,36)/t21-/m0/s1. The maximum atomic E-state index is 14.0. The summed E-state index contributed by atoms with van der Waals surface area (Å²) in [5, 5.41) is 14.8. The number of nitrogens with one attached hydrogen (secondary N) is 1. The Morgan fingerprint density at radius 2 is 1.79 bits per heavy atom. The van der Waals surface area contributed by atoms with Crippen molar-refractivity contribution in [3.8, 4) is 5.75 Å². The van der Waals surface area contributed by atoms with Gasteiger partial charge in [-0.2, -0.15) is 0 Å². The van der Waals surface area contributed by atoms with Crippen molar-refractivity contribution in [1.29, 1.82) is 0 Å². The van der Waals surface area contributed by atoms with Crippen LogP contribution in [0.2, 0.25) is 5.02 Å². The smallest absolute Gasteiger partial charge is 0.273 e. The number of ether oxygens (including phenoxy) is 1. The Morgan fingerprint density at radius 3 is 2.38 bits per heavy atom. The Kier molecular flexibility index (Phi) is 10.9. The molecule has 13 heteroatoms. The highest BCUT2D eigenvalue weighted by Gasteiger charge is 2.33. The zero-order chi connectivity index (χ0) is 31.0. The number of aryl methyl sites for hydroxylation is 1. The summed E-state index contributed by atoms with van der Waals surface area (Å²) < 4.78 is 34.0. The first-order chi connectivity index (χ1) is 19.9. The van der Waals surface area contributed by atoms with Gasteiger partial charge >= 0.3 is 0 Å². The number of carbonyl (C=O) groups is 2. The number of benzene rings is 3. The largest absolute Gasteiger partial charge is 0.497 e. The topological polar surface area (TPSA) is 139 Å². The monoisotopic (exact) mass is 616 g/mol. The molecule has 0 fully saturated rings. The molecule has 1 atom stereocenters. The third-order valence-corrected chi connectivity index (χ3v) is 8.57. The van der Waals surface area contributed by atoms with E-state index >= 15 is 0 Å². The number of nitro groups is 1. The van der Waals surface area contributed by atoms with Crippen LogP contribution in [0.5, 0.6) is 5.75 Å². The molecule has 42 heavy (non-hydrogen) atoms. The van der Waals surface area contributed by atoms with Crippen LogP contribution in [-0.4, -0.2) is 56.3 Å². The molecule has 0 aliphatic heterocycles. The second-order valence-corrected chi connectivity index (χ2v) is 11.8. The Bertz CT molecular complexity index is 1550. The molecule has 0 saturated carbocycles. The zero-order valence-electron chi connectivity index (χ0n) is 23.7. The van der Waals surface area contributed by atoms with Crippen LogP contribution < -0.4 is 14.4 Å². The minimum Gasteiger partial charge on any atom is -0.497 e. The number of nitrogens with zero attached hydrogens (tertiary/aromatic N) is 3. The van der Waals surface area contributed by atoms with Crippen molar-refractivity contribution in [3.63, 3.8) is 0 Å². The number of hydrogen-bond acceptors (Lipinski definition) is 7. The predicted octanol–water partition coefficient (Wildman–Crippen LogP) is 4.70.